The molecular formula is C67H45N3. The van der Waals surface area contributed by atoms with Crippen LogP contribution in [0.3, 0.4) is 0 Å². The van der Waals surface area contributed by atoms with E-state index in [1.54, 1.807) is 0 Å². The number of fused-ring (bicyclic) bond motifs is 13. The monoisotopic (exact) mass is 896 g/mol. The van der Waals surface area contributed by atoms with Crippen molar-refractivity contribution in [1.29, 1.82) is 0 Å². The van der Waals surface area contributed by atoms with E-state index in [-0.39, 0.29) is 29.7 Å². The summed E-state index contributed by atoms with van der Waals surface area (Å²) in [6, 6.07) is 84.6. The van der Waals surface area contributed by atoms with Crippen molar-refractivity contribution in [2.45, 2.75) is 5.41 Å². The van der Waals surface area contributed by atoms with E-state index >= 15 is 0 Å². The van der Waals surface area contributed by atoms with Crippen LogP contribution in [-0.2, 0) is 5.41 Å². The number of anilines is 6. The molecule has 0 N–H and O–H groups in total. The highest BCUT2D eigenvalue weighted by atomic mass is 15.2. The van der Waals surface area contributed by atoms with Gasteiger partial charge >= 0.3 is 0 Å². The molecule has 0 amide bonds. The van der Waals surface area contributed by atoms with E-state index in [0.717, 1.165) is 61.6 Å². The Kier molecular flexibility index (Phi) is 8.00. The van der Waals surface area contributed by atoms with Crippen molar-refractivity contribution in [3.05, 3.63) is 295 Å². The SMILES string of the molecule is [2H]c1c([2H])c([2H])c(-c2ccc(N(c3ccc4c(c3)C3(c5ccccc5-c5ccc(N(c6ccccc6)c6ccccc6)cc53)c3ccccc3-4)c3cccc4c3c3ccccc3n4-c3ccccc3)cc2)c([2H])c1[2H]. The maximum absolute atomic E-state index is 8.87. The number of rotatable bonds is 8. The molecule has 3 heteroatoms. The first-order chi connectivity index (χ1) is 36.8. The van der Waals surface area contributed by atoms with E-state index in [4.69, 9.17) is 6.85 Å². The van der Waals surface area contributed by atoms with Gasteiger partial charge in [-0.3, -0.25) is 0 Å². The van der Waals surface area contributed by atoms with Crippen LogP contribution in [-0.4, -0.2) is 4.57 Å². The molecule has 0 saturated carbocycles. The van der Waals surface area contributed by atoms with Crippen LogP contribution in [0.4, 0.5) is 34.1 Å². The molecule has 1 aromatic heterocycles. The minimum Gasteiger partial charge on any atom is -0.310 e. The summed E-state index contributed by atoms with van der Waals surface area (Å²) in [4.78, 5) is 4.68. The van der Waals surface area contributed by atoms with Gasteiger partial charge in [0.2, 0.25) is 0 Å². The Morgan fingerprint density at radius 3 is 1.46 bits per heavy atom. The van der Waals surface area contributed by atoms with Crippen LogP contribution >= 0.6 is 0 Å². The maximum atomic E-state index is 8.87. The smallest absolute Gasteiger partial charge is 0.0727 e. The molecule has 328 valence electrons. The number of nitrogens with zero attached hydrogens (tertiary/aromatic N) is 3. The zero-order chi connectivity index (χ0) is 50.5. The summed E-state index contributed by atoms with van der Waals surface area (Å²) in [5.41, 5.74) is 18.8. The van der Waals surface area contributed by atoms with Crippen molar-refractivity contribution in [2.24, 2.45) is 0 Å². The van der Waals surface area contributed by atoms with E-state index in [9.17, 15) is 0 Å². The third-order valence-corrected chi connectivity index (χ3v) is 14.4. The van der Waals surface area contributed by atoms with Gasteiger partial charge in [0.25, 0.3) is 0 Å². The van der Waals surface area contributed by atoms with Gasteiger partial charge in [-0.25, -0.2) is 0 Å². The van der Waals surface area contributed by atoms with E-state index < -0.39 is 11.5 Å². The second-order valence-corrected chi connectivity index (χ2v) is 18.0. The lowest BCUT2D eigenvalue weighted by Gasteiger charge is -2.33. The Hall–Kier alpha value is -9.18. The molecule has 1 atom stereocenters. The molecule has 1 spiro atoms. The van der Waals surface area contributed by atoms with Gasteiger partial charge in [0, 0.05) is 44.9 Å². The molecule has 1 heterocycles. The van der Waals surface area contributed by atoms with Crippen LogP contribution in [0.5, 0.6) is 0 Å². The molecule has 0 radical (unpaired) electrons. The van der Waals surface area contributed by atoms with E-state index in [0.29, 0.717) is 5.56 Å². The predicted molar refractivity (Wildman–Crippen MR) is 292 cm³/mol. The number of hydrogen-bond donors (Lipinski definition) is 0. The number of benzene rings is 11. The quantitative estimate of drug-likeness (QED) is 0.151. The van der Waals surface area contributed by atoms with Gasteiger partial charge in [-0.1, -0.05) is 182 Å². The van der Waals surface area contributed by atoms with Gasteiger partial charge in [0.15, 0.2) is 0 Å². The number of para-hydroxylation sites is 4. The summed E-state index contributed by atoms with van der Waals surface area (Å²) in [5, 5.41) is 2.18. The highest BCUT2D eigenvalue weighted by Gasteiger charge is 2.52. The number of hydrogen-bond acceptors (Lipinski definition) is 2. The van der Waals surface area contributed by atoms with Gasteiger partial charge in [-0.2, -0.15) is 0 Å². The Morgan fingerprint density at radius 1 is 0.343 bits per heavy atom. The van der Waals surface area contributed by atoms with Crippen LogP contribution in [0, 0.1) is 0 Å². The standard InChI is InChI=1S/C67H45N3/c1-5-20-46(21-6-1)47-36-38-51(39-37-47)69(64-34-19-35-65-66(64)58-30-15-18-33-63(58)70(65)50-26-11-4-12-27-50)53-41-43-57-55-29-14-17-32-60(55)67(62(57)45-53)59-31-16-13-28-54(59)56-42-40-52(44-61(56)67)68(48-22-7-2-8-23-48)49-24-9-3-10-25-49/h1-45H/i1D,5D,6D,20D,21D. The Morgan fingerprint density at radius 2 is 0.829 bits per heavy atom. The summed E-state index contributed by atoms with van der Waals surface area (Å²) in [7, 11) is 0. The van der Waals surface area contributed by atoms with Crippen molar-refractivity contribution >= 4 is 55.9 Å². The molecule has 2 aliphatic carbocycles. The van der Waals surface area contributed by atoms with E-state index in [2.05, 4.69) is 227 Å². The molecule has 12 aromatic rings. The average Bonchev–Trinajstić information content (AvgIpc) is 4.12. The molecule has 0 saturated heterocycles. The lowest BCUT2D eigenvalue weighted by molar-refractivity contribution is 0.793. The minimum atomic E-state index is -0.700. The van der Waals surface area contributed by atoms with Gasteiger partial charge in [0.05, 0.1) is 29.0 Å². The van der Waals surface area contributed by atoms with Crippen molar-refractivity contribution in [3.63, 3.8) is 0 Å². The molecule has 0 fully saturated rings. The molecule has 70 heavy (non-hydrogen) atoms. The molecule has 0 bridgehead atoms. The lowest BCUT2D eigenvalue weighted by Crippen LogP contribution is -2.26. The highest BCUT2D eigenvalue weighted by molar-refractivity contribution is 6.16. The largest absolute Gasteiger partial charge is 0.310 e. The molecule has 2 aliphatic rings. The highest BCUT2D eigenvalue weighted by Crippen LogP contribution is 2.64. The Labute approximate surface area is 415 Å². The minimum absolute atomic E-state index is 0.167. The molecule has 1 unspecified atom stereocenters. The molecular weight excluding hydrogens is 847 g/mol. The van der Waals surface area contributed by atoms with Gasteiger partial charge < -0.3 is 14.4 Å². The summed E-state index contributed by atoms with van der Waals surface area (Å²) in [6.07, 6.45) is 0. The predicted octanol–water partition coefficient (Wildman–Crippen LogP) is 17.7. The van der Waals surface area contributed by atoms with Gasteiger partial charge in [0.1, 0.15) is 0 Å². The summed E-state index contributed by atoms with van der Waals surface area (Å²) < 4.78 is 45.3. The lowest BCUT2D eigenvalue weighted by atomic mass is 9.70. The first-order valence-corrected chi connectivity index (χ1v) is 23.8. The third-order valence-electron chi connectivity index (χ3n) is 14.4. The zero-order valence-corrected chi connectivity index (χ0v) is 37.9. The summed E-state index contributed by atoms with van der Waals surface area (Å²) in [5.74, 6) is 0. The summed E-state index contributed by atoms with van der Waals surface area (Å²) in [6.45, 7) is 0. The van der Waals surface area contributed by atoms with Crippen LogP contribution in [0.2, 0.25) is 0 Å². The van der Waals surface area contributed by atoms with Crippen molar-refractivity contribution in [3.8, 4) is 39.1 Å². The van der Waals surface area contributed by atoms with Crippen molar-refractivity contribution in [2.75, 3.05) is 9.80 Å². The second kappa shape index (κ2) is 16.0. The molecule has 11 aromatic carbocycles. The first kappa shape index (κ1) is 35.0. The van der Waals surface area contributed by atoms with Crippen LogP contribution in [0.15, 0.2) is 273 Å². The van der Waals surface area contributed by atoms with Crippen LogP contribution in [0.25, 0.3) is 60.9 Å². The fourth-order valence-corrected chi connectivity index (χ4v) is 11.6. The van der Waals surface area contributed by atoms with E-state index in [1.807, 2.05) is 30.3 Å². The Bertz CT molecular complexity index is 4170. The summed E-state index contributed by atoms with van der Waals surface area (Å²) >= 11 is 0. The average molecular weight is 897 g/mol. The van der Waals surface area contributed by atoms with E-state index in [1.165, 1.54) is 44.5 Å². The van der Waals surface area contributed by atoms with Gasteiger partial charge in [-0.05, 0) is 147 Å². The normalized spacial score (nSPS) is 15.1. The first-order valence-electron chi connectivity index (χ1n) is 26.3. The van der Waals surface area contributed by atoms with Crippen molar-refractivity contribution < 1.29 is 6.85 Å². The molecule has 0 aliphatic heterocycles. The number of aromatic nitrogens is 1. The zero-order valence-electron chi connectivity index (χ0n) is 42.9. The third kappa shape index (κ3) is 5.95. The second-order valence-electron chi connectivity index (χ2n) is 18.0. The molecule has 14 rings (SSSR count). The topological polar surface area (TPSA) is 11.4 Å². The van der Waals surface area contributed by atoms with Crippen molar-refractivity contribution in [1.82, 2.24) is 4.57 Å². The maximum Gasteiger partial charge on any atom is 0.0727 e. The van der Waals surface area contributed by atoms with Crippen LogP contribution < -0.4 is 9.80 Å². The molecule has 3 nitrogen and oxygen atoms in total. The van der Waals surface area contributed by atoms with Crippen LogP contribution in [0.1, 0.15) is 29.1 Å². The Balaban J connectivity index is 1.04. The fourth-order valence-electron chi connectivity index (χ4n) is 11.6. The fraction of sp³-hybridized carbons (Fsp3) is 0.0149. The van der Waals surface area contributed by atoms with Gasteiger partial charge in [-0.15, -0.1) is 0 Å².